The number of benzene rings is 5. The van der Waals surface area contributed by atoms with Gasteiger partial charge in [-0.3, -0.25) is 4.98 Å². The van der Waals surface area contributed by atoms with Crippen LogP contribution in [0.1, 0.15) is 0 Å². The standard InChI is InChI=1S/C31H20N2/c1-2-9-22(10-3-1)33(29-15-6-8-21-20-32-19-18-23(21)29)30-17-16-27-25-12-5-4-11-24(25)26-13-7-14-28(30)31(26)27/h1-20H. The Bertz CT molecular complexity index is 1630. The molecule has 0 radical (unpaired) electrons. The normalized spacial score (nSPS) is 11.6. The van der Waals surface area contributed by atoms with Gasteiger partial charge in [0.05, 0.1) is 11.4 Å². The average Bonchev–Trinajstić information content (AvgIpc) is 3.22. The van der Waals surface area contributed by atoms with Crippen LogP contribution in [-0.4, -0.2) is 4.98 Å². The summed E-state index contributed by atoms with van der Waals surface area (Å²) in [5.41, 5.74) is 8.73. The van der Waals surface area contributed by atoms with Gasteiger partial charge in [-0.2, -0.15) is 0 Å². The number of hydrogen-bond donors (Lipinski definition) is 0. The fourth-order valence-electron chi connectivity index (χ4n) is 5.27. The highest BCUT2D eigenvalue weighted by Crippen LogP contribution is 2.51. The number of pyridine rings is 1. The molecule has 6 aromatic rings. The van der Waals surface area contributed by atoms with E-state index in [1.165, 1.54) is 44.1 Å². The fourth-order valence-corrected chi connectivity index (χ4v) is 5.27. The second-order valence-corrected chi connectivity index (χ2v) is 8.45. The van der Waals surface area contributed by atoms with Crippen LogP contribution in [0.4, 0.5) is 17.1 Å². The van der Waals surface area contributed by atoms with Gasteiger partial charge in [-0.05, 0) is 58.0 Å². The lowest BCUT2D eigenvalue weighted by Gasteiger charge is -2.28. The van der Waals surface area contributed by atoms with Gasteiger partial charge < -0.3 is 4.90 Å². The Hall–Kier alpha value is -4.43. The lowest BCUT2D eigenvalue weighted by Crippen LogP contribution is -2.11. The summed E-state index contributed by atoms with van der Waals surface area (Å²) in [6.45, 7) is 0. The first-order valence-electron chi connectivity index (χ1n) is 11.2. The number of fused-ring (bicyclic) bond motifs is 4. The first-order chi connectivity index (χ1) is 16.4. The van der Waals surface area contributed by atoms with Crippen molar-refractivity contribution >= 4 is 38.6 Å². The Morgan fingerprint density at radius 1 is 0.485 bits per heavy atom. The summed E-state index contributed by atoms with van der Waals surface area (Å²) >= 11 is 0. The summed E-state index contributed by atoms with van der Waals surface area (Å²) in [7, 11) is 0. The molecule has 0 fully saturated rings. The first kappa shape index (κ1) is 18.2. The van der Waals surface area contributed by atoms with E-state index < -0.39 is 0 Å². The number of hydrogen-bond acceptors (Lipinski definition) is 2. The number of nitrogens with zero attached hydrogens (tertiary/aromatic N) is 2. The van der Waals surface area contributed by atoms with E-state index in [1.807, 2.05) is 12.4 Å². The van der Waals surface area contributed by atoms with E-state index in [-0.39, 0.29) is 0 Å². The van der Waals surface area contributed by atoms with E-state index in [2.05, 4.69) is 119 Å². The largest absolute Gasteiger partial charge is 0.309 e. The highest BCUT2D eigenvalue weighted by molar-refractivity contribution is 6.19. The van der Waals surface area contributed by atoms with E-state index in [9.17, 15) is 0 Å². The van der Waals surface area contributed by atoms with E-state index in [1.54, 1.807) is 0 Å². The summed E-state index contributed by atoms with van der Waals surface area (Å²) in [4.78, 5) is 6.73. The number of para-hydroxylation sites is 1. The van der Waals surface area contributed by atoms with Crippen molar-refractivity contribution in [3.05, 3.63) is 122 Å². The molecule has 0 N–H and O–H groups in total. The van der Waals surface area contributed by atoms with Gasteiger partial charge in [0.1, 0.15) is 0 Å². The van der Waals surface area contributed by atoms with E-state index >= 15 is 0 Å². The Morgan fingerprint density at radius 3 is 2.03 bits per heavy atom. The molecule has 154 valence electrons. The molecule has 5 aromatic carbocycles. The van der Waals surface area contributed by atoms with Crippen LogP contribution in [0.25, 0.3) is 43.8 Å². The highest BCUT2D eigenvalue weighted by Gasteiger charge is 2.24. The molecule has 1 heterocycles. The molecule has 1 aliphatic rings. The van der Waals surface area contributed by atoms with Crippen LogP contribution in [0.15, 0.2) is 122 Å². The summed E-state index contributed by atoms with van der Waals surface area (Å²) in [6, 6.07) is 39.2. The third-order valence-electron chi connectivity index (χ3n) is 6.68. The van der Waals surface area contributed by atoms with Crippen molar-refractivity contribution in [3.63, 3.8) is 0 Å². The van der Waals surface area contributed by atoms with Crippen molar-refractivity contribution < 1.29 is 0 Å². The van der Waals surface area contributed by atoms with Gasteiger partial charge in [0, 0.05) is 34.2 Å². The average molecular weight is 421 g/mol. The van der Waals surface area contributed by atoms with Crippen molar-refractivity contribution in [1.82, 2.24) is 4.98 Å². The zero-order chi connectivity index (χ0) is 21.8. The van der Waals surface area contributed by atoms with E-state index in [0.29, 0.717) is 0 Å². The van der Waals surface area contributed by atoms with Gasteiger partial charge >= 0.3 is 0 Å². The summed E-state index contributed by atoms with van der Waals surface area (Å²) < 4.78 is 0. The summed E-state index contributed by atoms with van der Waals surface area (Å²) in [6.07, 6.45) is 3.81. The molecule has 2 heteroatoms. The molecule has 0 saturated heterocycles. The fraction of sp³-hybridized carbons (Fsp3) is 0. The van der Waals surface area contributed by atoms with E-state index in [4.69, 9.17) is 0 Å². The van der Waals surface area contributed by atoms with Gasteiger partial charge in [-0.25, -0.2) is 0 Å². The molecule has 0 atom stereocenters. The first-order valence-corrected chi connectivity index (χ1v) is 11.2. The van der Waals surface area contributed by atoms with Crippen LogP contribution in [0.2, 0.25) is 0 Å². The van der Waals surface area contributed by atoms with Crippen molar-refractivity contribution in [3.8, 4) is 22.3 Å². The monoisotopic (exact) mass is 420 g/mol. The second kappa shape index (κ2) is 7.04. The van der Waals surface area contributed by atoms with Crippen molar-refractivity contribution in [2.45, 2.75) is 0 Å². The van der Waals surface area contributed by atoms with Gasteiger partial charge in [-0.15, -0.1) is 0 Å². The lowest BCUT2D eigenvalue weighted by atomic mass is 9.99. The molecule has 33 heavy (non-hydrogen) atoms. The van der Waals surface area contributed by atoms with Crippen LogP contribution >= 0.6 is 0 Å². The molecular formula is C31H20N2. The number of anilines is 3. The zero-order valence-corrected chi connectivity index (χ0v) is 17.9. The van der Waals surface area contributed by atoms with Crippen LogP contribution < -0.4 is 4.90 Å². The highest BCUT2D eigenvalue weighted by atomic mass is 15.1. The molecule has 0 bridgehead atoms. The predicted octanol–water partition coefficient (Wildman–Crippen LogP) is 8.51. The molecule has 1 aliphatic carbocycles. The maximum Gasteiger partial charge on any atom is 0.0541 e. The van der Waals surface area contributed by atoms with Gasteiger partial charge in [-0.1, -0.05) is 78.9 Å². The second-order valence-electron chi connectivity index (χ2n) is 8.45. The van der Waals surface area contributed by atoms with Crippen LogP contribution in [0, 0.1) is 0 Å². The summed E-state index contributed by atoms with van der Waals surface area (Å²) in [5, 5.41) is 4.91. The molecule has 1 aromatic heterocycles. The molecule has 0 aliphatic heterocycles. The quantitative estimate of drug-likeness (QED) is 0.285. The molecular weight excluding hydrogens is 400 g/mol. The molecule has 0 spiro atoms. The molecule has 2 nitrogen and oxygen atoms in total. The molecule has 0 saturated carbocycles. The molecule has 0 unspecified atom stereocenters. The Labute approximate surface area is 192 Å². The number of rotatable bonds is 3. The lowest BCUT2D eigenvalue weighted by molar-refractivity contribution is 1.30. The van der Waals surface area contributed by atoms with Crippen LogP contribution in [-0.2, 0) is 0 Å². The maximum absolute atomic E-state index is 4.34. The SMILES string of the molecule is c1ccc(N(c2cccc3cnccc23)c2ccc3c4c(cccc24)-c2ccccc2-3)cc1. The van der Waals surface area contributed by atoms with Gasteiger partial charge in [0.2, 0.25) is 0 Å². The minimum absolute atomic E-state index is 1.13. The van der Waals surface area contributed by atoms with Crippen molar-refractivity contribution in [2.24, 2.45) is 0 Å². The van der Waals surface area contributed by atoms with Crippen molar-refractivity contribution in [1.29, 1.82) is 0 Å². The van der Waals surface area contributed by atoms with E-state index in [0.717, 1.165) is 16.8 Å². The summed E-state index contributed by atoms with van der Waals surface area (Å²) in [5.74, 6) is 0. The molecule has 7 rings (SSSR count). The van der Waals surface area contributed by atoms with Crippen LogP contribution in [0.5, 0.6) is 0 Å². The predicted molar refractivity (Wildman–Crippen MR) is 138 cm³/mol. The third kappa shape index (κ3) is 2.64. The minimum atomic E-state index is 1.13. The smallest absolute Gasteiger partial charge is 0.0541 e. The topological polar surface area (TPSA) is 16.1 Å². The minimum Gasteiger partial charge on any atom is -0.309 e. The van der Waals surface area contributed by atoms with Gasteiger partial charge in [0.15, 0.2) is 0 Å². The Kier molecular flexibility index (Phi) is 3.88. The third-order valence-corrected chi connectivity index (χ3v) is 6.68. The van der Waals surface area contributed by atoms with Gasteiger partial charge in [0.25, 0.3) is 0 Å². The Balaban J connectivity index is 1.57. The maximum atomic E-state index is 4.34. The Morgan fingerprint density at radius 2 is 1.18 bits per heavy atom. The zero-order valence-electron chi connectivity index (χ0n) is 17.9. The number of aromatic nitrogens is 1. The van der Waals surface area contributed by atoms with Crippen molar-refractivity contribution in [2.75, 3.05) is 4.90 Å². The van der Waals surface area contributed by atoms with Crippen LogP contribution in [0.3, 0.4) is 0 Å². The molecule has 0 amide bonds.